The summed E-state index contributed by atoms with van der Waals surface area (Å²) in [6.07, 6.45) is 0.279. The fraction of sp³-hybridized carbons (Fsp3) is 0.125. The lowest BCUT2D eigenvalue weighted by molar-refractivity contribution is -0.142. The Balaban J connectivity index is 1.25. The van der Waals surface area contributed by atoms with Gasteiger partial charge in [-0.15, -0.1) is 11.3 Å². The van der Waals surface area contributed by atoms with Crippen LogP contribution in [0.1, 0.15) is 20.8 Å². The number of ether oxygens (including phenoxy) is 2. The highest BCUT2D eigenvalue weighted by Crippen LogP contribution is 2.31. The Labute approximate surface area is 246 Å². The maximum atomic E-state index is 13.2. The third-order valence-electron chi connectivity index (χ3n) is 6.39. The van der Waals surface area contributed by atoms with Gasteiger partial charge in [0.1, 0.15) is 18.4 Å². The van der Waals surface area contributed by atoms with Gasteiger partial charge in [-0.1, -0.05) is 65.7 Å². The summed E-state index contributed by atoms with van der Waals surface area (Å²) in [5.74, 6) is -0.143. The predicted octanol–water partition coefficient (Wildman–Crippen LogP) is 7.97. The molecule has 0 spiro atoms. The molecule has 5 nitrogen and oxygen atoms in total. The van der Waals surface area contributed by atoms with Crippen molar-refractivity contribution in [2.24, 2.45) is 0 Å². The van der Waals surface area contributed by atoms with E-state index in [0.717, 1.165) is 32.3 Å². The van der Waals surface area contributed by atoms with Crippen LogP contribution in [0, 0.1) is 0 Å². The van der Waals surface area contributed by atoms with E-state index < -0.39 is 12.0 Å². The minimum absolute atomic E-state index is 0.279. The molecule has 8 heteroatoms. The van der Waals surface area contributed by atoms with Crippen LogP contribution in [0.4, 0.5) is 0 Å². The molecule has 0 aliphatic rings. The molecule has 1 amide bonds. The Morgan fingerprint density at radius 3 is 2.10 bits per heavy atom. The molecular formula is C32H25Cl2NO4S. The van der Waals surface area contributed by atoms with E-state index in [4.69, 9.17) is 32.7 Å². The summed E-state index contributed by atoms with van der Waals surface area (Å²) >= 11 is 13.3. The van der Waals surface area contributed by atoms with Gasteiger partial charge in [0.15, 0.2) is 0 Å². The number of methoxy groups -OCH3 is 1. The molecule has 0 radical (unpaired) electrons. The lowest BCUT2D eigenvalue weighted by Gasteiger charge is -2.16. The van der Waals surface area contributed by atoms with Crippen molar-refractivity contribution in [2.45, 2.75) is 19.1 Å². The molecule has 1 aromatic heterocycles. The lowest BCUT2D eigenvalue weighted by atomic mass is 10.0. The van der Waals surface area contributed by atoms with E-state index >= 15 is 0 Å². The van der Waals surface area contributed by atoms with Crippen LogP contribution in [0.15, 0.2) is 97.1 Å². The van der Waals surface area contributed by atoms with Crippen molar-refractivity contribution in [3.8, 4) is 16.9 Å². The van der Waals surface area contributed by atoms with Gasteiger partial charge in [-0.05, 0) is 82.2 Å². The Hall–Kier alpha value is -3.84. The second-order valence-electron chi connectivity index (χ2n) is 9.18. The lowest BCUT2D eigenvalue weighted by Crippen LogP contribution is -2.42. The van der Waals surface area contributed by atoms with Crippen LogP contribution >= 0.6 is 34.5 Å². The summed E-state index contributed by atoms with van der Waals surface area (Å²) in [6.45, 7) is 0.410. The molecular weight excluding hydrogens is 565 g/mol. The fourth-order valence-corrected chi connectivity index (χ4v) is 5.45. The van der Waals surface area contributed by atoms with E-state index in [9.17, 15) is 9.59 Å². The SMILES string of the molecule is COC(=O)C(Cc1ccc(OCc2ccc(Cl)cc2)cc1)NC(=O)c1cc2cc(-c3ccc(Cl)cc3)ccc2s1. The minimum atomic E-state index is -0.840. The van der Waals surface area contributed by atoms with Gasteiger partial charge in [0, 0.05) is 21.2 Å². The van der Waals surface area contributed by atoms with Crippen LogP contribution in [-0.2, 0) is 22.6 Å². The summed E-state index contributed by atoms with van der Waals surface area (Å²) in [7, 11) is 1.31. The Bertz CT molecular complexity index is 1630. The number of nitrogens with one attached hydrogen (secondary N) is 1. The number of thiophene rings is 1. The van der Waals surface area contributed by atoms with Crippen molar-refractivity contribution in [3.63, 3.8) is 0 Å². The Kier molecular flexibility index (Phi) is 8.70. The number of rotatable bonds is 9. The zero-order valence-corrected chi connectivity index (χ0v) is 23.9. The standard InChI is InChI=1S/C32H25Cl2NO4S/c1-38-32(37)28(16-20-4-13-27(14-5-20)39-19-21-2-9-25(33)10-3-21)35-31(36)30-18-24-17-23(8-15-29(24)40-30)22-6-11-26(34)12-7-22/h2-15,17-18,28H,16,19H2,1H3,(H,35,36). The average Bonchev–Trinajstić information content (AvgIpc) is 3.41. The van der Waals surface area contributed by atoms with Gasteiger partial charge in [0.05, 0.1) is 12.0 Å². The van der Waals surface area contributed by atoms with Crippen molar-refractivity contribution in [3.05, 3.63) is 123 Å². The van der Waals surface area contributed by atoms with E-state index in [2.05, 4.69) is 5.32 Å². The Morgan fingerprint density at radius 1 is 0.800 bits per heavy atom. The fourth-order valence-electron chi connectivity index (χ4n) is 4.25. The maximum Gasteiger partial charge on any atom is 0.328 e. The first-order chi connectivity index (χ1) is 19.4. The van der Waals surface area contributed by atoms with Gasteiger partial charge in [-0.3, -0.25) is 4.79 Å². The molecule has 40 heavy (non-hydrogen) atoms. The van der Waals surface area contributed by atoms with E-state index in [0.29, 0.717) is 27.3 Å². The number of esters is 1. The molecule has 0 bridgehead atoms. The zero-order valence-electron chi connectivity index (χ0n) is 21.5. The molecule has 0 aliphatic heterocycles. The van der Waals surface area contributed by atoms with Crippen molar-refractivity contribution >= 4 is 56.5 Å². The molecule has 0 saturated heterocycles. The second kappa shape index (κ2) is 12.6. The van der Waals surface area contributed by atoms with E-state index in [1.165, 1.54) is 18.4 Å². The second-order valence-corrected chi connectivity index (χ2v) is 11.1. The summed E-state index contributed by atoms with van der Waals surface area (Å²) in [5, 5.41) is 5.16. The predicted molar refractivity (Wildman–Crippen MR) is 161 cm³/mol. The topological polar surface area (TPSA) is 64.6 Å². The van der Waals surface area contributed by atoms with Gasteiger partial charge in [-0.2, -0.15) is 0 Å². The molecule has 0 fully saturated rings. The zero-order chi connectivity index (χ0) is 28.1. The van der Waals surface area contributed by atoms with Crippen LogP contribution < -0.4 is 10.1 Å². The number of amides is 1. The molecule has 1 unspecified atom stereocenters. The first-order valence-electron chi connectivity index (χ1n) is 12.5. The van der Waals surface area contributed by atoms with Crippen molar-refractivity contribution in [2.75, 3.05) is 7.11 Å². The number of hydrogen-bond acceptors (Lipinski definition) is 5. The average molecular weight is 591 g/mol. The summed E-state index contributed by atoms with van der Waals surface area (Å²) < 4.78 is 11.8. The molecule has 1 atom stereocenters. The summed E-state index contributed by atoms with van der Waals surface area (Å²) in [4.78, 5) is 26.2. The third kappa shape index (κ3) is 6.83. The Morgan fingerprint density at radius 2 is 1.43 bits per heavy atom. The smallest absolute Gasteiger partial charge is 0.328 e. The quantitative estimate of drug-likeness (QED) is 0.177. The third-order valence-corrected chi connectivity index (χ3v) is 8.01. The number of halogens is 2. The number of hydrogen-bond donors (Lipinski definition) is 1. The molecule has 5 rings (SSSR count). The first kappa shape index (κ1) is 27.7. The molecule has 202 valence electrons. The minimum Gasteiger partial charge on any atom is -0.489 e. The number of carbonyl (C=O) groups excluding carboxylic acids is 2. The maximum absolute atomic E-state index is 13.2. The largest absolute Gasteiger partial charge is 0.489 e. The van der Waals surface area contributed by atoms with Crippen LogP contribution in [0.2, 0.25) is 10.0 Å². The molecule has 5 aromatic rings. The van der Waals surface area contributed by atoms with Gasteiger partial charge >= 0.3 is 5.97 Å². The van der Waals surface area contributed by atoms with Crippen LogP contribution in [0.5, 0.6) is 5.75 Å². The molecule has 0 aliphatic carbocycles. The summed E-state index contributed by atoms with van der Waals surface area (Å²) in [6, 6.07) is 29.6. The highest BCUT2D eigenvalue weighted by molar-refractivity contribution is 7.20. The first-order valence-corrected chi connectivity index (χ1v) is 14.1. The highest BCUT2D eigenvalue weighted by atomic mass is 35.5. The van der Waals surface area contributed by atoms with E-state index in [1.54, 1.807) is 0 Å². The van der Waals surface area contributed by atoms with Gasteiger partial charge in [0.2, 0.25) is 0 Å². The number of fused-ring (bicyclic) bond motifs is 1. The van der Waals surface area contributed by atoms with Crippen molar-refractivity contribution in [1.82, 2.24) is 5.32 Å². The molecule has 0 saturated carbocycles. The van der Waals surface area contributed by atoms with Crippen LogP contribution in [-0.4, -0.2) is 25.0 Å². The number of carbonyl (C=O) groups is 2. The normalized spacial score (nSPS) is 11.7. The van der Waals surface area contributed by atoms with E-state index in [1.807, 2.05) is 97.1 Å². The van der Waals surface area contributed by atoms with Gasteiger partial charge in [0.25, 0.3) is 5.91 Å². The van der Waals surface area contributed by atoms with Gasteiger partial charge < -0.3 is 14.8 Å². The van der Waals surface area contributed by atoms with E-state index in [-0.39, 0.29) is 12.3 Å². The van der Waals surface area contributed by atoms with Gasteiger partial charge in [-0.25, -0.2) is 4.79 Å². The van der Waals surface area contributed by atoms with Crippen molar-refractivity contribution in [1.29, 1.82) is 0 Å². The molecule has 4 aromatic carbocycles. The van der Waals surface area contributed by atoms with Crippen LogP contribution in [0.3, 0.4) is 0 Å². The van der Waals surface area contributed by atoms with Crippen LogP contribution in [0.25, 0.3) is 21.2 Å². The monoisotopic (exact) mass is 589 g/mol. The number of benzene rings is 4. The summed E-state index contributed by atoms with van der Waals surface area (Å²) in [5.41, 5.74) is 3.93. The highest BCUT2D eigenvalue weighted by Gasteiger charge is 2.24. The molecule has 1 N–H and O–H groups in total. The van der Waals surface area contributed by atoms with Crippen molar-refractivity contribution < 1.29 is 19.1 Å². The molecule has 1 heterocycles.